The van der Waals surface area contributed by atoms with E-state index in [1.807, 2.05) is 0 Å². The van der Waals surface area contributed by atoms with E-state index in [4.69, 9.17) is 0 Å². The van der Waals surface area contributed by atoms with E-state index in [9.17, 15) is 0 Å². The molecular weight excluding hydrogens is 1040 g/mol. The first-order valence-corrected chi connectivity index (χ1v) is 29.7. The molecule has 13 aromatic carbocycles. The standard InChI is InChI=1S/C78H52B2N6/c1-7-27-53(28-8-1)81(54-29-9-2-10-30-54)59-47-73-77-75(48-59)84(57-35-15-5-16-36-57)71-52-72-66(51-65(71)79(77)63-41-21-25-45-69(63)82(73)55-31-11-3-12-32-55)80-64-42-22-26-46-70(64)83(56-33-13-4-14-34-56)74-49-60(50-76(78(74)80)85(72)58-37-17-6-18-38-58)86-67-43-23-19-39-61(67)62-40-20-24-44-68(62)86/h1-52H. The fraction of sp³-hybridized carbons (Fsp3) is 0. The van der Waals surface area contributed by atoms with Gasteiger partial charge in [0.15, 0.2) is 0 Å². The molecule has 6 nitrogen and oxygen atoms in total. The van der Waals surface area contributed by atoms with Crippen molar-refractivity contribution in [2.45, 2.75) is 0 Å². The maximum atomic E-state index is 2.63. The van der Waals surface area contributed by atoms with E-state index in [1.54, 1.807) is 0 Å². The van der Waals surface area contributed by atoms with E-state index in [2.05, 4.69) is 345 Å². The van der Waals surface area contributed by atoms with Crippen molar-refractivity contribution >= 4 is 153 Å². The van der Waals surface area contributed by atoms with Crippen molar-refractivity contribution in [2.24, 2.45) is 0 Å². The fourth-order valence-electron chi connectivity index (χ4n) is 14.8. The lowest BCUT2D eigenvalue weighted by atomic mass is 9.30. The summed E-state index contributed by atoms with van der Waals surface area (Å²) in [7, 11) is 0. The Labute approximate surface area is 500 Å². The summed E-state index contributed by atoms with van der Waals surface area (Å²) in [6.07, 6.45) is 0. The predicted molar refractivity (Wildman–Crippen MR) is 364 cm³/mol. The van der Waals surface area contributed by atoms with Gasteiger partial charge in [-0.15, -0.1) is 0 Å². The van der Waals surface area contributed by atoms with Crippen LogP contribution in [-0.4, -0.2) is 18.0 Å². The molecule has 8 heteroatoms. The first-order valence-electron chi connectivity index (χ1n) is 29.7. The molecule has 0 saturated heterocycles. The number of hydrogen-bond donors (Lipinski definition) is 0. The molecule has 0 fully saturated rings. The Morgan fingerprint density at radius 1 is 0.221 bits per heavy atom. The minimum atomic E-state index is -0.143. The van der Waals surface area contributed by atoms with Crippen molar-refractivity contribution < 1.29 is 0 Å². The second kappa shape index (κ2) is 19.2. The van der Waals surface area contributed by atoms with Gasteiger partial charge in [-0.2, -0.15) is 0 Å². The third-order valence-corrected chi connectivity index (χ3v) is 18.2. The summed E-state index contributed by atoms with van der Waals surface area (Å²) in [4.78, 5) is 12.6. The minimum Gasteiger partial charge on any atom is -0.311 e. The summed E-state index contributed by atoms with van der Waals surface area (Å²) in [6.45, 7) is -0.280. The van der Waals surface area contributed by atoms with Crippen molar-refractivity contribution in [3.05, 3.63) is 315 Å². The van der Waals surface area contributed by atoms with Crippen molar-refractivity contribution in [2.75, 3.05) is 24.5 Å². The van der Waals surface area contributed by atoms with Gasteiger partial charge in [0.2, 0.25) is 0 Å². The quantitative estimate of drug-likeness (QED) is 0.141. The summed E-state index contributed by atoms with van der Waals surface area (Å²) in [6, 6.07) is 117. The molecule has 0 unspecified atom stereocenters. The SMILES string of the molecule is c1ccc(N(c2ccccc2)c2cc3c4c(c2)N(c2ccccc2)c2cc5c(cc2B4c2ccccc2N3c2ccccc2)B2c3ccccc3N(c3ccccc3)c3cc(-n4c6ccccc6c6ccccc64)cc(c32)N5c2ccccc2)cc1. The molecule has 0 atom stereocenters. The highest BCUT2D eigenvalue weighted by molar-refractivity contribution is 7.03. The predicted octanol–water partition coefficient (Wildman–Crippen LogP) is 16.4. The van der Waals surface area contributed by atoms with Crippen molar-refractivity contribution in [1.29, 1.82) is 0 Å². The normalized spacial score (nSPS) is 13.2. The van der Waals surface area contributed by atoms with Crippen molar-refractivity contribution in [1.82, 2.24) is 4.57 Å². The maximum Gasteiger partial charge on any atom is 0.252 e. The highest BCUT2D eigenvalue weighted by atomic mass is 15.2. The number of hydrogen-bond acceptors (Lipinski definition) is 5. The molecule has 0 bridgehead atoms. The van der Waals surface area contributed by atoms with Gasteiger partial charge in [0.1, 0.15) is 0 Å². The molecule has 1 aromatic heterocycles. The molecule has 0 saturated carbocycles. The van der Waals surface area contributed by atoms with Gasteiger partial charge in [-0.3, -0.25) is 0 Å². The van der Waals surface area contributed by atoms with Gasteiger partial charge < -0.3 is 29.1 Å². The fourth-order valence-corrected chi connectivity index (χ4v) is 14.8. The number of benzene rings is 13. The number of fused-ring (bicyclic) bond motifs is 11. The molecule has 86 heavy (non-hydrogen) atoms. The Morgan fingerprint density at radius 3 is 0.953 bits per heavy atom. The van der Waals surface area contributed by atoms with E-state index >= 15 is 0 Å². The van der Waals surface area contributed by atoms with E-state index < -0.39 is 0 Å². The van der Waals surface area contributed by atoms with Crippen LogP contribution in [0.1, 0.15) is 0 Å². The maximum absolute atomic E-state index is 2.63. The topological polar surface area (TPSA) is 21.1 Å². The molecule has 0 N–H and O–H groups in total. The number of nitrogens with zero attached hydrogens (tertiary/aromatic N) is 6. The summed E-state index contributed by atoms with van der Waals surface area (Å²) in [5.74, 6) is 0. The van der Waals surface area contributed by atoms with Crippen molar-refractivity contribution in [3.63, 3.8) is 0 Å². The first-order chi connectivity index (χ1) is 42.7. The molecule has 0 radical (unpaired) electrons. The average Bonchev–Trinajstić information content (AvgIpc) is 0.768. The molecule has 18 rings (SSSR count). The summed E-state index contributed by atoms with van der Waals surface area (Å²) in [5.41, 5.74) is 27.9. The van der Waals surface area contributed by atoms with Crippen LogP contribution in [-0.2, 0) is 0 Å². The number of aromatic nitrogens is 1. The number of para-hydroxylation sites is 10. The Kier molecular flexibility index (Phi) is 10.8. The van der Waals surface area contributed by atoms with Gasteiger partial charge in [0, 0.05) is 90.4 Å². The molecule has 0 amide bonds. The molecule has 0 spiro atoms. The average molecular weight is 1090 g/mol. The third-order valence-electron chi connectivity index (χ3n) is 18.2. The molecule has 4 aliphatic rings. The molecule has 4 aliphatic heterocycles. The largest absolute Gasteiger partial charge is 0.311 e. The zero-order valence-corrected chi connectivity index (χ0v) is 46.9. The Hall–Kier alpha value is -11.2. The van der Waals surface area contributed by atoms with E-state index in [0.29, 0.717) is 0 Å². The van der Waals surface area contributed by atoms with Gasteiger partial charge in [-0.05, 0) is 160 Å². The number of anilines is 15. The highest BCUT2D eigenvalue weighted by Gasteiger charge is 2.49. The minimum absolute atomic E-state index is 0.137. The summed E-state index contributed by atoms with van der Waals surface area (Å²) in [5, 5.41) is 2.46. The lowest BCUT2D eigenvalue weighted by Crippen LogP contribution is -2.65. The molecule has 5 heterocycles. The summed E-state index contributed by atoms with van der Waals surface area (Å²) < 4.78 is 2.49. The van der Waals surface area contributed by atoms with Gasteiger partial charge in [0.05, 0.1) is 22.4 Å². The second-order valence-corrected chi connectivity index (χ2v) is 22.8. The van der Waals surface area contributed by atoms with E-state index in [1.165, 1.54) is 66.0 Å². The second-order valence-electron chi connectivity index (χ2n) is 22.8. The Bertz CT molecular complexity index is 4890. The van der Waals surface area contributed by atoms with Crippen LogP contribution in [0.25, 0.3) is 27.5 Å². The molecule has 400 valence electrons. The van der Waals surface area contributed by atoms with Gasteiger partial charge in [-0.25, -0.2) is 0 Å². The smallest absolute Gasteiger partial charge is 0.252 e. The van der Waals surface area contributed by atoms with Gasteiger partial charge in [0.25, 0.3) is 13.4 Å². The van der Waals surface area contributed by atoms with Crippen molar-refractivity contribution in [3.8, 4) is 5.69 Å². The highest BCUT2D eigenvalue weighted by Crippen LogP contribution is 2.51. The van der Waals surface area contributed by atoms with Crippen LogP contribution < -0.4 is 57.3 Å². The monoisotopic (exact) mass is 1090 g/mol. The van der Waals surface area contributed by atoms with Crippen LogP contribution in [0, 0.1) is 0 Å². The van der Waals surface area contributed by atoms with Crippen LogP contribution >= 0.6 is 0 Å². The molecule has 0 aliphatic carbocycles. The van der Waals surface area contributed by atoms with Crippen LogP contribution in [0.3, 0.4) is 0 Å². The van der Waals surface area contributed by atoms with E-state index in [0.717, 1.165) is 79.6 Å². The van der Waals surface area contributed by atoms with Crippen LogP contribution in [0.2, 0.25) is 0 Å². The zero-order chi connectivity index (χ0) is 56.4. The Morgan fingerprint density at radius 2 is 0.547 bits per heavy atom. The lowest BCUT2D eigenvalue weighted by molar-refractivity contribution is 1.16. The first kappa shape index (κ1) is 48.3. The molecule has 14 aromatic rings. The van der Waals surface area contributed by atoms with Crippen LogP contribution in [0.4, 0.5) is 85.3 Å². The van der Waals surface area contributed by atoms with Crippen LogP contribution in [0.15, 0.2) is 315 Å². The van der Waals surface area contributed by atoms with E-state index in [-0.39, 0.29) is 13.4 Å². The number of rotatable bonds is 8. The third kappa shape index (κ3) is 7.17. The summed E-state index contributed by atoms with van der Waals surface area (Å²) >= 11 is 0. The molecular formula is C78H52B2N6. The van der Waals surface area contributed by atoms with Gasteiger partial charge >= 0.3 is 0 Å². The Balaban J connectivity index is 0.971. The van der Waals surface area contributed by atoms with Gasteiger partial charge in [-0.1, -0.05) is 188 Å². The van der Waals surface area contributed by atoms with Crippen LogP contribution in [0.5, 0.6) is 0 Å². The zero-order valence-electron chi connectivity index (χ0n) is 46.9. The lowest BCUT2D eigenvalue weighted by Gasteiger charge is -2.47.